The van der Waals surface area contributed by atoms with Gasteiger partial charge in [0.25, 0.3) is 0 Å². The van der Waals surface area contributed by atoms with Crippen LogP contribution >= 0.6 is 11.6 Å². The molecule has 0 heterocycles. The van der Waals surface area contributed by atoms with Gasteiger partial charge in [0.2, 0.25) is 5.91 Å². The zero-order valence-electron chi connectivity index (χ0n) is 10.3. The first-order chi connectivity index (χ1) is 9.59. The lowest BCUT2D eigenvalue weighted by Gasteiger charge is -2.10. The molecule has 0 spiro atoms. The Bertz CT molecular complexity index is 631. The number of benzene rings is 2. The first-order valence-electron chi connectivity index (χ1n) is 5.88. The number of nitrogens with one attached hydrogen (secondary N) is 1. The lowest BCUT2D eigenvalue weighted by Crippen LogP contribution is -2.31. The van der Waals surface area contributed by atoms with Crippen molar-refractivity contribution in [2.75, 3.05) is 5.32 Å². The van der Waals surface area contributed by atoms with E-state index >= 15 is 0 Å². The number of halogens is 2. The molecule has 1 amide bonds. The summed E-state index contributed by atoms with van der Waals surface area (Å²) in [7, 11) is 0. The minimum absolute atomic E-state index is 0.198. The predicted molar refractivity (Wildman–Crippen MR) is 75.4 cm³/mol. The fourth-order valence-corrected chi connectivity index (χ4v) is 1.82. The normalized spacial score (nSPS) is 11.7. The van der Waals surface area contributed by atoms with Crippen LogP contribution in [0.1, 0.15) is 10.4 Å². The summed E-state index contributed by atoms with van der Waals surface area (Å²) in [5.74, 6) is -2.15. The third-order valence-corrected chi connectivity index (χ3v) is 3.04. The number of rotatable bonds is 4. The van der Waals surface area contributed by atoms with Crippen molar-refractivity contribution in [3.05, 3.63) is 66.0 Å². The number of carbonyl (C=O) groups excluding carboxylic acids is 2. The van der Waals surface area contributed by atoms with E-state index in [1.807, 2.05) is 0 Å². The van der Waals surface area contributed by atoms with Gasteiger partial charge in [0.05, 0.1) is 5.56 Å². The van der Waals surface area contributed by atoms with Crippen molar-refractivity contribution in [2.24, 2.45) is 0 Å². The molecule has 0 aliphatic carbocycles. The van der Waals surface area contributed by atoms with E-state index in [1.165, 1.54) is 18.2 Å². The maximum atomic E-state index is 13.5. The highest BCUT2D eigenvalue weighted by Gasteiger charge is 2.27. The van der Waals surface area contributed by atoms with E-state index in [9.17, 15) is 14.0 Å². The SMILES string of the molecule is O=C(Nc1ccccc1)C(Cl)C(=O)c1ccccc1F. The van der Waals surface area contributed by atoms with Crippen LogP contribution in [0.3, 0.4) is 0 Å². The van der Waals surface area contributed by atoms with Gasteiger partial charge in [-0.1, -0.05) is 30.3 Å². The molecule has 1 atom stereocenters. The van der Waals surface area contributed by atoms with Crippen molar-refractivity contribution in [3.8, 4) is 0 Å². The topological polar surface area (TPSA) is 46.2 Å². The summed E-state index contributed by atoms with van der Waals surface area (Å²) >= 11 is 5.81. The van der Waals surface area contributed by atoms with Gasteiger partial charge in [0.15, 0.2) is 11.2 Å². The Morgan fingerprint density at radius 2 is 1.60 bits per heavy atom. The number of amides is 1. The minimum Gasteiger partial charge on any atom is -0.324 e. The smallest absolute Gasteiger partial charge is 0.250 e. The Morgan fingerprint density at radius 3 is 2.25 bits per heavy atom. The number of anilines is 1. The zero-order valence-corrected chi connectivity index (χ0v) is 11.1. The molecule has 2 aromatic rings. The maximum absolute atomic E-state index is 13.5. The fourth-order valence-electron chi connectivity index (χ4n) is 1.64. The number of alkyl halides is 1. The number of hydrogen-bond donors (Lipinski definition) is 1. The molecule has 0 saturated carbocycles. The van der Waals surface area contributed by atoms with Crippen LogP contribution in [0.5, 0.6) is 0 Å². The first-order valence-corrected chi connectivity index (χ1v) is 6.32. The fraction of sp³-hybridized carbons (Fsp3) is 0.0667. The number of para-hydroxylation sites is 1. The summed E-state index contributed by atoms with van der Waals surface area (Å²) < 4.78 is 13.5. The monoisotopic (exact) mass is 291 g/mol. The quantitative estimate of drug-likeness (QED) is 0.534. The molecule has 2 rings (SSSR count). The summed E-state index contributed by atoms with van der Waals surface area (Å²) in [6, 6.07) is 14.0. The van der Waals surface area contributed by atoms with Crippen molar-refractivity contribution in [2.45, 2.75) is 5.38 Å². The molecule has 0 saturated heterocycles. The molecule has 0 bridgehead atoms. The second-order valence-corrected chi connectivity index (χ2v) is 4.50. The number of hydrogen-bond acceptors (Lipinski definition) is 2. The molecule has 1 N–H and O–H groups in total. The molecular formula is C15H11ClFNO2. The van der Waals surface area contributed by atoms with E-state index in [-0.39, 0.29) is 5.56 Å². The van der Waals surface area contributed by atoms with Gasteiger partial charge in [-0.2, -0.15) is 0 Å². The van der Waals surface area contributed by atoms with Crippen molar-refractivity contribution in [1.82, 2.24) is 0 Å². The molecule has 0 aromatic heterocycles. The van der Waals surface area contributed by atoms with Crippen molar-refractivity contribution >= 4 is 29.0 Å². The second-order valence-electron chi connectivity index (χ2n) is 4.06. The molecule has 5 heteroatoms. The lowest BCUT2D eigenvalue weighted by molar-refractivity contribution is -0.115. The Balaban J connectivity index is 2.11. The highest BCUT2D eigenvalue weighted by atomic mass is 35.5. The van der Waals surface area contributed by atoms with Crippen LogP contribution in [0.25, 0.3) is 0 Å². The third-order valence-electron chi connectivity index (χ3n) is 2.64. The van der Waals surface area contributed by atoms with Gasteiger partial charge in [-0.05, 0) is 24.3 Å². The van der Waals surface area contributed by atoms with Crippen LogP contribution < -0.4 is 5.32 Å². The Hall–Kier alpha value is -2.20. The largest absolute Gasteiger partial charge is 0.324 e. The third kappa shape index (κ3) is 3.22. The zero-order chi connectivity index (χ0) is 14.5. The lowest BCUT2D eigenvalue weighted by atomic mass is 10.1. The average Bonchev–Trinajstić information content (AvgIpc) is 2.47. The van der Waals surface area contributed by atoms with E-state index in [0.29, 0.717) is 5.69 Å². The average molecular weight is 292 g/mol. The van der Waals surface area contributed by atoms with E-state index in [0.717, 1.165) is 6.07 Å². The van der Waals surface area contributed by atoms with Crippen LogP contribution in [0.15, 0.2) is 54.6 Å². The van der Waals surface area contributed by atoms with Crippen LogP contribution in [0.2, 0.25) is 0 Å². The molecule has 0 fully saturated rings. The Morgan fingerprint density at radius 1 is 1.00 bits per heavy atom. The van der Waals surface area contributed by atoms with Crippen LogP contribution in [-0.4, -0.2) is 17.1 Å². The summed E-state index contributed by atoms with van der Waals surface area (Å²) in [6.45, 7) is 0. The molecule has 0 aliphatic rings. The summed E-state index contributed by atoms with van der Waals surface area (Å²) in [5.41, 5.74) is 0.320. The van der Waals surface area contributed by atoms with Gasteiger partial charge in [-0.15, -0.1) is 11.6 Å². The summed E-state index contributed by atoms with van der Waals surface area (Å²) in [5, 5.41) is 1.02. The van der Waals surface area contributed by atoms with E-state index in [2.05, 4.69) is 5.32 Å². The minimum atomic E-state index is -1.48. The number of carbonyl (C=O) groups is 2. The summed E-state index contributed by atoms with van der Waals surface area (Å²) in [4.78, 5) is 23.8. The predicted octanol–water partition coefficient (Wildman–Crippen LogP) is 3.25. The molecule has 3 nitrogen and oxygen atoms in total. The van der Waals surface area contributed by atoms with Gasteiger partial charge in [0.1, 0.15) is 5.82 Å². The molecule has 2 aromatic carbocycles. The van der Waals surface area contributed by atoms with Crippen LogP contribution in [0, 0.1) is 5.82 Å². The first kappa shape index (κ1) is 14.2. The standard InChI is InChI=1S/C15H11ClFNO2/c16-13(14(19)11-8-4-5-9-12(11)17)15(20)18-10-6-2-1-3-7-10/h1-9,13H,(H,18,20). The van der Waals surface area contributed by atoms with Gasteiger partial charge in [0, 0.05) is 5.69 Å². The van der Waals surface area contributed by atoms with Gasteiger partial charge in [-0.3, -0.25) is 9.59 Å². The Labute approximate surface area is 120 Å². The second kappa shape index (κ2) is 6.30. The van der Waals surface area contributed by atoms with Crippen molar-refractivity contribution in [3.63, 3.8) is 0 Å². The molecule has 20 heavy (non-hydrogen) atoms. The number of Topliss-reactive ketones (excluding diaryl/α,β-unsaturated/α-hetero) is 1. The van der Waals surface area contributed by atoms with E-state index in [1.54, 1.807) is 30.3 Å². The Kier molecular flexibility index (Phi) is 4.48. The van der Waals surface area contributed by atoms with Gasteiger partial charge in [-0.25, -0.2) is 4.39 Å². The molecular weight excluding hydrogens is 281 g/mol. The maximum Gasteiger partial charge on any atom is 0.250 e. The highest BCUT2D eigenvalue weighted by molar-refractivity contribution is 6.45. The number of ketones is 1. The molecule has 102 valence electrons. The van der Waals surface area contributed by atoms with Crippen LogP contribution in [0.4, 0.5) is 10.1 Å². The van der Waals surface area contributed by atoms with E-state index < -0.39 is 22.9 Å². The molecule has 0 radical (unpaired) electrons. The van der Waals surface area contributed by atoms with Gasteiger partial charge >= 0.3 is 0 Å². The van der Waals surface area contributed by atoms with Crippen molar-refractivity contribution < 1.29 is 14.0 Å². The van der Waals surface area contributed by atoms with Gasteiger partial charge < -0.3 is 5.32 Å². The van der Waals surface area contributed by atoms with Crippen molar-refractivity contribution in [1.29, 1.82) is 0 Å². The molecule has 0 aliphatic heterocycles. The summed E-state index contributed by atoms with van der Waals surface area (Å²) in [6.07, 6.45) is 0. The highest BCUT2D eigenvalue weighted by Crippen LogP contribution is 2.15. The van der Waals surface area contributed by atoms with E-state index in [4.69, 9.17) is 11.6 Å². The van der Waals surface area contributed by atoms with Crippen LogP contribution in [-0.2, 0) is 4.79 Å². The molecule has 1 unspecified atom stereocenters.